The van der Waals surface area contributed by atoms with E-state index in [1.807, 2.05) is 29.2 Å². The van der Waals surface area contributed by atoms with Crippen molar-refractivity contribution in [2.45, 2.75) is 32.6 Å². The maximum Gasteiger partial charge on any atom is 0.342 e. The number of benzene rings is 1. The summed E-state index contributed by atoms with van der Waals surface area (Å²) in [5.41, 5.74) is 3.25. The topological polar surface area (TPSA) is 132 Å². The molecule has 0 radical (unpaired) electrons. The number of amides is 1. The molecule has 26 heavy (non-hydrogen) atoms. The first-order chi connectivity index (χ1) is 12.3. The van der Waals surface area contributed by atoms with Crippen LogP contribution in [0.1, 0.15) is 38.3 Å². The van der Waals surface area contributed by atoms with Crippen LogP contribution in [0.3, 0.4) is 0 Å². The summed E-state index contributed by atoms with van der Waals surface area (Å²) in [4.78, 5) is 36.0. The highest BCUT2D eigenvalue weighted by Crippen LogP contribution is 2.21. The van der Waals surface area contributed by atoms with Crippen molar-refractivity contribution in [2.75, 3.05) is 11.9 Å². The molecule has 1 heterocycles. The fourth-order valence-electron chi connectivity index (χ4n) is 2.07. The molecule has 4 N–H and O–H groups in total. The number of anilines is 1. The van der Waals surface area contributed by atoms with Crippen LogP contribution < -0.4 is 22.0 Å². The Morgan fingerprint density at radius 3 is 2.54 bits per heavy atom. The van der Waals surface area contributed by atoms with Crippen LogP contribution in [0.15, 0.2) is 39.0 Å². The molecule has 0 unspecified atom stereocenters. The van der Waals surface area contributed by atoms with Gasteiger partial charge in [0.2, 0.25) is 11.7 Å². The molecule has 0 aliphatic rings. The Kier molecular flexibility index (Phi) is 6.05. The van der Waals surface area contributed by atoms with Crippen LogP contribution in [-0.2, 0) is 10.2 Å². The number of aromatic nitrogens is 3. The Labute approximate surface area is 149 Å². The maximum atomic E-state index is 11.7. The van der Waals surface area contributed by atoms with Gasteiger partial charge < -0.3 is 5.32 Å². The first kappa shape index (κ1) is 19.1. The van der Waals surface area contributed by atoms with Gasteiger partial charge in [-0.25, -0.2) is 15.3 Å². The minimum Gasteiger partial charge on any atom is -0.364 e. The van der Waals surface area contributed by atoms with Gasteiger partial charge in [-0.1, -0.05) is 45.0 Å². The number of hydrogen-bond acceptors (Lipinski definition) is 6. The van der Waals surface area contributed by atoms with E-state index in [2.05, 4.69) is 46.8 Å². The third-order valence-corrected chi connectivity index (χ3v) is 3.54. The number of aromatic amines is 2. The lowest BCUT2D eigenvalue weighted by atomic mass is 9.87. The van der Waals surface area contributed by atoms with Crippen molar-refractivity contribution in [3.8, 4) is 0 Å². The summed E-state index contributed by atoms with van der Waals surface area (Å²) in [6, 6.07) is 7.93. The number of carbonyl (C=O) groups excluding carboxylic acids is 1. The first-order valence-corrected chi connectivity index (χ1v) is 8.11. The van der Waals surface area contributed by atoms with E-state index in [1.54, 1.807) is 6.21 Å². The molecule has 0 saturated heterocycles. The number of nitrogens with zero attached hydrogens (tertiary/aromatic N) is 2. The van der Waals surface area contributed by atoms with Crippen molar-refractivity contribution in [3.63, 3.8) is 0 Å². The van der Waals surface area contributed by atoms with Gasteiger partial charge in [0.1, 0.15) is 0 Å². The van der Waals surface area contributed by atoms with E-state index in [0.717, 1.165) is 5.56 Å². The van der Waals surface area contributed by atoms with E-state index in [-0.39, 0.29) is 30.1 Å². The van der Waals surface area contributed by atoms with Gasteiger partial charge in [0, 0.05) is 13.0 Å². The molecule has 0 bridgehead atoms. The highest BCUT2D eigenvalue weighted by molar-refractivity contribution is 5.82. The minimum absolute atomic E-state index is 0.0557. The van der Waals surface area contributed by atoms with E-state index < -0.39 is 11.2 Å². The molecule has 0 spiro atoms. The molecule has 9 nitrogen and oxygen atoms in total. The van der Waals surface area contributed by atoms with Crippen LogP contribution in [0.2, 0.25) is 0 Å². The van der Waals surface area contributed by atoms with E-state index in [4.69, 9.17) is 0 Å². The molecule has 2 aromatic rings. The highest BCUT2D eigenvalue weighted by Gasteiger charge is 2.12. The summed E-state index contributed by atoms with van der Waals surface area (Å²) in [5.74, 6) is -0.374. The predicted octanol–water partition coefficient (Wildman–Crippen LogP) is 0.708. The monoisotopic (exact) mass is 358 g/mol. The van der Waals surface area contributed by atoms with Gasteiger partial charge in [0.05, 0.1) is 6.21 Å². The van der Waals surface area contributed by atoms with Crippen LogP contribution in [0, 0.1) is 0 Å². The van der Waals surface area contributed by atoms with Gasteiger partial charge in [0.25, 0.3) is 5.56 Å². The first-order valence-electron chi connectivity index (χ1n) is 8.11. The molecule has 0 fully saturated rings. The Balaban J connectivity index is 1.78. The standard InChI is InChI=1S/C17H22N6O3/c1-17(2,3)12-6-4-11(5-7-12)10-19-21-13(24)8-9-18-14-15(25)20-16(26)23-22-14/h4-7,10H,8-9H2,1-3H3,(H,18,22)(H,21,24)(H2,20,23,25,26)/b19-10+. The molecular formula is C17H22N6O3. The molecule has 0 aliphatic heterocycles. The maximum absolute atomic E-state index is 11.7. The van der Waals surface area contributed by atoms with Gasteiger partial charge in [0.15, 0.2) is 0 Å². The average Bonchev–Trinajstić information content (AvgIpc) is 2.56. The summed E-state index contributed by atoms with van der Waals surface area (Å²) < 4.78 is 0. The lowest BCUT2D eigenvalue weighted by molar-refractivity contribution is -0.120. The molecule has 9 heteroatoms. The van der Waals surface area contributed by atoms with Crippen molar-refractivity contribution < 1.29 is 4.79 Å². The second-order valence-electron chi connectivity index (χ2n) is 6.70. The zero-order chi connectivity index (χ0) is 19.2. The third kappa shape index (κ3) is 5.69. The van der Waals surface area contributed by atoms with Gasteiger partial charge in [-0.3, -0.25) is 14.6 Å². The van der Waals surface area contributed by atoms with Crippen molar-refractivity contribution >= 4 is 17.9 Å². The van der Waals surface area contributed by atoms with Crippen LogP contribution in [0.4, 0.5) is 5.82 Å². The van der Waals surface area contributed by atoms with Crippen molar-refractivity contribution in [2.24, 2.45) is 5.10 Å². The second-order valence-corrected chi connectivity index (χ2v) is 6.70. The van der Waals surface area contributed by atoms with Crippen molar-refractivity contribution in [1.82, 2.24) is 20.6 Å². The van der Waals surface area contributed by atoms with Crippen molar-refractivity contribution in [3.05, 3.63) is 56.2 Å². The molecule has 0 aliphatic carbocycles. The predicted molar refractivity (Wildman–Crippen MR) is 99.5 cm³/mol. The molecule has 1 aromatic heterocycles. The summed E-state index contributed by atoms with van der Waals surface area (Å²) in [7, 11) is 0. The summed E-state index contributed by atoms with van der Waals surface area (Å²) >= 11 is 0. The quantitative estimate of drug-likeness (QED) is 0.446. The Morgan fingerprint density at radius 1 is 1.23 bits per heavy atom. The van der Waals surface area contributed by atoms with E-state index >= 15 is 0 Å². The van der Waals surface area contributed by atoms with Gasteiger partial charge in [-0.2, -0.15) is 5.10 Å². The van der Waals surface area contributed by atoms with Crippen LogP contribution >= 0.6 is 0 Å². The van der Waals surface area contributed by atoms with Gasteiger partial charge >= 0.3 is 5.69 Å². The molecular weight excluding hydrogens is 336 g/mol. The normalized spacial score (nSPS) is 11.5. The van der Waals surface area contributed by atoms with E-state index in [1.165, 1.54) is 5.56 Å². The SMILES string of the molecule is CC(C)(C)c1ccc(/C=N/NC(=O)CCNc2n[nH]c(=O)[nH]c2=O)cc1. The molecule has 1 aromatic carbocycles. The summed E-state index contributed by atoms with van der Waals surface area (Å²) in [5, 5.41) is 12.2. The minimum atomic E-state index is -0.692. The van der Waals surface area contributed by atoms with Gasteiger partial charge in [-0.05, 0) is 16.5 Å². The zero-order valence-corrected chi connectivity index (χ0v) is 14.9. The van der Waals surface area contributed by atoms with Crippen LogP contribution in [0.25, 0.3) is 0 Å². The molecule has 0 atom stereocenters. The highest BCUT2D eigenvalue weighted by atomic mass is 16.2. The van der Waals surface area contributed by atoms with Gasteiger partial charge in [-0.15, -0.1) is 5.10 Å². The number of rotatable bonds is 6. The number of hydrazone groups is 1. The number of H-pyrrole nitrogens is 2. The lowest BCUT2D eigenvalue weighted by Crippen LogP contribution is -2.28. The molecule has 0 saturated carbocycles. The number of hydrogen-bond donors (Lipinski definition) is 4. The average molecular weight is 358 g/mol. The Bertz CT molecular complexity index is 890. The summed E-state index contributed by atoms with van der Waals surface area (Å²) in [6.07, 6.45) is 1.65. The molecule has 138 valence electrons. The summed E-state index contributed by atoms with van der Waals surface area (Å²) in [6.45, 7) is 6.59. The number of carbonyl (C=O) groups is 1. The fourth-order valence-corrected chi connectivity index (χ4v) is 2.07. The third-order valence-electron chi connectivity index (χ3n) is 3.54. The largest absolute Gasteiger partial charge is 0.364 e. The zero-order valence-electron chi connectivity index (χ0n) is 14.9. The Morgan fingerprint density at radius 2 is 1.92 bits per heavy atom. The smallest absolute Gasteiger partial charge is 0.342 e. The van der Waals surface area contributed by atoms with Crippen LogP contribution in [-0.4, -0.2) is 33.8 Å². The second kappa shape index (κ2) is 8.24. The molecule has 2 rings (SSSR count). The molecule has 1 amide bonds. The fraction of sp³-hybridized carbons (Fsp3) is 0.353. The van der Waals surface area contributed by atoms with E-state index in [9.17, 15) is 14.4 Å². The van der Waals surface area contributed by atoms with Crippen molar-refractivity contribution in [1.29, 1.82) is 0 Å². The lowest BCUT2D eigenvalue weighted by Gasteiger charge is -2.18. The Hall–Kier alpha value is -3.23. The number of nitrogens with one attached hydrogen (secondary N) is 4. The van der Waals surface area contributed by atoms with Crippen LogP contribution in [0.5, 0.6) is 0 Å². The van der Waals surface area contributed by atoms with E-state index in [0.29, 0.717) is 0 Å².